The molecule has 8 heteroatoms. The van der Waals surface area contributed by atoms with Crippen LogP contribution in [0.25, 0.3) is 5.82 Å². The molecule has 0 aromatic carbocycles. The Morgan fingerprint density at radius 3 is 2.90 bits per heavy atom. The van der Waals surface area contributed by atoms with Gasteiger partial charge in [0.15, 0.2) is 5.96 Å². The number of hydrogen-bond donors (Lipinski definition) is 1. The number of rotatable bonds is 7. The number of pyridine rings is 1. The molecule has 2 fully saturated rings. The van der Waals surface area contributed by atoms with Gasteiger partial charge in [-0.1, -0.05) is 0 Å². The average molecular weight is 427 g/mol. The van der Waals surface area contributed by atoms with Gasteiger partial charge in [-0.15, -0.1) is 0 Å². The third-order valence-corrected chi connectivity index (χ3v) is 5.86. The standard InChI is InChI=1S/C23H34N6O2/c1-2-25-23(27-16-19-6-9-26-22(15-19)29-13-10-24-18-29)28-11-7-20(8-12-28)31-17-21-5-3-4-14-30-21/h6,9-10,13,15,18,20-21H,2-5,7-8,11-12,14,16-17H2,1H3,(H,25,27). The third kappa shape index (κ3) is 6.27. The Labute approximate surface area is 184 Å². The highest BCUT2D eigenvalue weighted by Gasteiger charge is 2.23. The zero-order chi connectivity index (χ0) is 21.3. The van der Waals surface area contributed by atoms with Crippen LogP contribution in [0.15, 0.2) is 42.0 Å². The molecule has 4 heterocycles. The van der Waals surface area contributed by atoms with Gasteiger partial charge in [-0.25, -0.2) is 15.0 Å². The molecule has 1 unspecified atom stereocenters. The zero-order valence-electron chi connectivity index (χ0n) is 18.4. The van der Waals surface area contributed by atoms with E-state index in [0.29, 0.717) is 18.8 Å². The number of aliphatic imine (C=N–C) groups is 1. The molecule has 0 saturated carbocycles. The molecule has 168 valence electrons. The average Bonchev–Trinajstić information content (AvgIpc) is 3.37. The number of ether oxygens (including phenoxy) is 2. The van der Waals surface area contributed by atoms with Gasteiger partial charge in [0, 0.05) is 44.8 Å². The molecular weight excluding hydrogens is 392 g/mol. The first-order valence-electron chi connectivity index (χ1n) is 11.5. The van der Waals surface area contributed by atoms with Crippen LogP contribution in [0.5, 0.6) is 0 Å². The molecule has 31 heavy (non-hydrogen) atoms. The summed E-state index contributed by atoms with van der Waals surface area (Å²) in [5, 5.41) is 3.45. The molecule has 2 aromatic heterocycles. The molecule has 0 spiro atoms. The first-order chi connectivity index (χ1) is 15.3. The molecule has 8 nitrogen and oxygen atoms in total. The maximum atomic E-state index is 6.16. The summed E-state index contributed by atoms with van der Waals surface area (Å²) in [4.78, 5) is 15.8. The molecule has 1 atom stereocenters. The smallest absolute Gasteiger partial charge is 0.194 e. The van der Waals surface area contributed by atoms with Gasteiger partial charge < -0.3 is 19.7 Å². The first-order valence-corrected chi connectivity index (χ1v) is 11.5. The van der Waals surface area contributed by atoms with Gasteiger partial charge in [0.05, 0.1) is 25.4 Å². The number of aromatic nitrogens is 3. The molecule has 4 rings (SSSR count). The van der Waals surface area contributed by atoms with E-state index in [2.05, 4.69) is 33.2 Å². The number of guanidine groups is 1. The second-order valence-corrected chi connectivity index (χ2v) is 8.17. The van der Waals surface area contributed by atoms with E-state index in [4.69, 9.17) is 14.5 Å². The number of imidazole rings is 1. The lowest BCUT2D eigenvalue weighted by Crippen LogP contribution is -2.47. The number of hydrogen-bond acceptors (Lipinski definition) is 5. The molecule has 1 N–H and O–H groups in total. The van der Waals surface area contributed by atoms with Gasteiger partial charge in [-0.3, -0.25) is 4.57 Å². The Balaban J connectivity index is 1.29. The van der Waals surface area contributed by atoms with Crippen molar-refractivity contribution in [3.8, 4) is 5.82 Å². The Hall–Kier alpha value is -2.45. The summed E-state index contributed by atoms with van der Waals surface area (Å²) in [6.45, 7) is 7.11. The Morgan fingerprint density at radius 1 is 1.26 bits per heavy atom. The normalized spacial score (nSPS) is 20.7. The molecule has 0 bridgehead atoms. The Bertz CT molecular complexity index is 811. The van der Waals surface area contributed by atoms with Crippen LogP contribution >= 0.6 is 0 Å². The second kappa shape index (κ2) is 11.2. The second-order valence-electron chi connectivity index (χ2n) is 8.17. The van der Waals surface area contributed by atoms with Gasteiger partial charge in [0.1, 0.15) is 12.1 Å². The van der Waals surface area contributed by atoms with Crippen LogP contribution in [0.3, 0.4) is 0 Å². The minimum Gasteiger partial charge on any atom is -0.376 e. The SMILES string of the molecule is CCNC(=NCc1ccnc(-n2ccnc2)c1)N1CCC(OCC2CCCCO2)CC1. The molecule has 0 amide bonds. The largest absolute Gasteiger partial charge is 0.376 e. The summed E-state index contributed by atoms with van der Waals surface area (Å²) in [5.41, 5.74) is 1.12. The first kappa shape index (κ1) is 21.8. The van der Waals surface area contributed by atoms with Crippen molar-refractivity contribution >= 4 is 5.96 Å². The summed E-state index contributed by atoms with van der Waals surface area (Å²) < 4.78 is 13.9. The molecular formula is C23H34N6O2. The van der Waals surface area contributed by atoms with Gasteiger partial charge in [-0.05, 0) is 56.7 Å². The van der Waals surface area contributed by atoms with Crippen LogP contribution in [0.1, 0.15) is 44.6 Å². The van der Waals surface area contributed by atoms with E-state index in [1.54, 1.807) is 12.5 Å². The number of likely N-dealkylation sites (tertiary alicyclic amines) is 1. The number of nitrogens with one attached hydrogen (secondary N) is 1. The van der Waals surface area contributed by atoms with Crippen molar-refractivity contribution in [3.63, 3.8) is 0 Å². The maximum absolute atomic E-state index is 6.16. The Kier molecular flexibility index (Phi) is 7.90. The van der Waals surface area contributed by atoms with Crippen LogP contribution in [-0.2, 0) is 16.0 Å². The van der Waals surface area contributed by atoms with E-state index in [-0.39, 0.29) is 0 Å². The lowest BCUT2D eigenvalue weighted by molar-refractivity contribution is -0.0721. The monoisotopic (exact) mass is 426 g/mol. The molecule has 2 saturated heterocycles. The number of piperidine rings is 1. The van der Waals surface area contributed by atoms with Crippen molar-refractivity contribution < 1.29 is 9.47 Å². The molecule has 2 aliphatic heterocycles. The van der Waals surface area contributed by atoms with Crippen molar-refractivity contribution in [2.75, 3.05) is 32.8 Å². The van der Waals surface area contributed by atoms with Crippen LogP contribution in [0, 0.1) is 0 Å². The molecule has 0 radical (unpaired) electrons. The van der Waals surface area contributed by atoms with E-state index in [1.807, 2.05) is 23.0 Å². The van der Waals surface area contributed by atoms with Crippen LogP contribution in [0.4, 0.5) is 0 Å². The fourth-order valence-corrected chi connectivity index (χ4v) is 4.10. The fourth-order valence-electron chi connectivity index (χ4n) is 4.10. The summed E-state index contributed by atoms with van der Waals surface area (Å²) in [6.07, 6.45) is 13.5. The van der Waals surface area contributed by atoms with E-state index < -0.39 is 0 Å². The Morgan fingerprint density at radius 2 is 2.16 bits per heavy atom. The zero-order valence-corrected chi connectivity index (χ0v) is 18.4. The molecule has 2 aliphatic rings. The summed E-state index contributed by atoms with van der Waals surface area (Å²) >= 11 is 0. The van der Waals surface area contributed by atoms with Crippen molar-refractivity contribution in [1.82, 2.24) is 24.8 Å². The van der Waals surface area contributed by atoms with E-state index in [0.717, 1.165) is 69.5 Å². The van der Waals surface area contributed by atoms with Gasteiger partial charge in [-0.2, -0.15) is 0 Å². The van der Waals surface area contributed by atoms with Crippen molar-refractivity contribution in [1.29, 1.82) is 0 Å². The van der Waals surface area contributed by atoms with E-state index in [9.17, 15) is 0 Å². The molecule has 0 aliphatic carbocycles. The molecule has 2 aromatic rings. The number of nitrogens with zero attached hydrogens (tertiary/aromatic N) is 5. The minimum absolute atomic E-state index is 0.290. The van der Waals surface area contributed by atoms with E-state index in [1.165, 1.54) is 12.8 Å². The lowest BCUT2D eigenvalue weighted by atomic mass is 10.1. The highest BCUT2D eigenvalue weighted by Crippen LogP contribution is 2.18. The third-order valence-electron chi connectivity index (χ3n) is 5.86. The van der Waals surface area contributed by atoms with Crippen molar-refractivity contribution in [2.24, 2.45) is 4.99 Å². The topological polar surface area (TPSA) is 76.8 Å². The summed E-state index contributed by atoms with van der Waals surface area (Å²) in [5.74, 6) is 1.83. The minimum atomic E-state index is 0.290. The van der Waals surface area contributed by atoms with Crippen molar-refractivity contribution in [2.45, 2.75) is 57.8 Å². The van der Waals surface area contributed by atoms with Gasteiger partial charge >= 0.3 is 0 Å². The quantitative estimate of drug-likeness (QED) is 0.542. The van der Waals surface area contributed by atoms with Gasteiger partial charge in [0.25, 0.3) is 0 Å². The lowest BCUT2D eigenvalue weighted by Gasteiger charge is -2.35. The van der Waals surface area contributed by atoms with Gasteiger partial charge in [0.2, 0.25) is 0 Å². The van der Waals surface area contributed by atoms with Crippen molar-refractivity contribution in [3.05, 3.63) is 42.6 Å². The highest BCUT2D eigenvalue weighted by molar-refractivity contribution is 5.80. The fraction of sp³-hybridized carbons (Fsp3) is 0.609. The predicted octanol–water partition coefficient (Wildman–Crippen LogP) is 2.78. The van der Waals surface area contributed by atoms with Crippen LogP contribution in [-0.4, -0.2) is 70.5 Å². The van der Waals surface area contributed by atoms with E-state index >= 15 is 0 Å². The maximum Gasteiger partial charge on any atom is 0.194 e. The highest BCUT2D eigenvalue weighted by atomic mass is 16.5. The summed E-state index contributed by atoms with van der Waals surface area (Å²) in [6, 6.07) is 4.07. The van der Waals surface area contributed by atoms with Crippen LogP contribution in [0.2, 0.25) is 0 Å². The summed E-state index contributed by atoms with van der Waals surface area (Å²) in [7, 11) is 0. The predicted molar refractivity (Wildman–Crippen MR) is 120 cm³/mol. The van der Waals surface area contributed by atoms with Crippen LogP contribution < -0.4 is 5.32 Å².